The summed E-state index contributed by atoms with van der Waals surface area (Å²) in [5, 5.41) is 2.32. The predicted octanol–water partition coefficient (Wildman–Crippen LogP) is 3.02. The summed E-state index contributed by atoms with van der Waals surface area (Å²) in [4.78, 5) is 26.7. The Morgan fingerprint density at radius 1 is 1.09 bits per heavy atom. The van der Waals surface area contributed by atoms with Gasteiger partial charge in [-0.3, -0.25) is 9.78 Å². The third kappa shape index (κ3) is 4.34. The highest BCUT2D eigenvalue weighted by Gasteiger charge is 2.23. The minimum atomic E-state index is -1.07. The Morgan fingerprint density at radius 3 is 2.50 bits per heavy atom. The standard InChI is InChI=1S/C22H17BF3N5O/c1-12-4-6-31(21-15(24)3-2-5-27-21)11-14(12)18-9-29-19(10-28-18)30-22(32)20-16(25)7-13(23)8-17(20)26/h2-3,5,7-10H,4,6,11H2,1H3,(H,29,30,32). The van der Waals surface area contributed by atoms with Crippen molar-refractivity contribution in [2.24, 2.45) is 0 Å². The van der Waals surface area contributed by atoms with Crippen LogP contribution in [0.3, 0.4) is 0 Å². The van der Waals surface area contributed by atoms with Gasteiger partial charge in [0.1, 0.15) is 25.0 Å². The number of benzene rings is 1. The molecule has 0 fully saturated rings. The lowest BCUT2D eigenvalue weighted by molar-refractivity contribution is 0.101. The second-order valence-corrected chi connectivity index (χ2v) is 7.34. The maximum Gasteiger partial charge on any atom is 0.262 e. The third-order valence-electron chi connectivity index (χ3n) is 5.15. The third-order valence-corrected chi connectivity index (χ3v) is 5.15. The molecule has 2 aromatic heterocycles. The van der Waals surface area contributed by atoms with Crippen LogP contribution in [0.5, 0.6) is 0 Å². The summed E-state index contributed by atoms with van der Waals surface area (Å²) in [6.45, 7) is 2.97. The van der Waals surface area contributed by atoms with Crippen molar-refractivity contribution in [3.05, 3.63) is 77.1 Å². The van der Waals surface area contributed by atoms with Gasteiger partial charge in [-0.05, 0) is 43.2 Å². The highest BCUT2D eigenvalue weighted by Crippen LogP contribution is 2.29. The number of anilines is 2. The Labute approximate surface area is 183 Å². The van der Waals surface area contributed by atoms with Crippen LogP contribution >= 0.6 is 0 Å². The molecule has 0 bridgehead atoms. The predicted molar refractivity (Wildman–Crippen MR) is 115 cm³/mol. The van der Waals surface area contributed by atoms with Crippen molar-refractivity contribution in [3.8, 4) is 0 Å². The van der Waals surface area contributed by atoms with Crippen molar-refractivity contribution >= 4 is 36.4 Å². The summed E-state index contributed by atoms with van der Waals surface area (Å²) >= 11 is 0. The van der Waals surface area contributed by atoms with Crippen molar-refractivity contribution in [2.45, 2.75) is 13.3 Å². The van der Waals surface area contributed by atoms with Gasteiger partial charge >= 0.3 is 0 Å². The first-order chi connectivity index (χ1) is 15.3. The first kappa shape index (κ1) is 21.5. The molecule has 3 heterocycles. The fraction of sp³-hybridized carbons (Fsp3) is 0.182. The molecule has 1 amide bonds. The van der Waals surface area contributed by atoms with Gasteiger partial charge < -0.3 is 10.2 Å². The van der Waals surface area contributed by atoms with E-state index in [1.54, 1.807) is 0 Å². The highest BCUT2D eigenvalue weighted by molar-refractivity contribution is 6.32. The number of halogens is 3. The van der Waals surface area contributed by atoms with E-state index in [0.29, 0.717) is 25.2 Å². The molecule has 10 heteroatoms. The first-order valence-electron chi connectivity index (χ1n) is 9.76. The van der Waals surface area contributed by atoms with E-state index in [9.17, 15) is 18.0 Å². The Bertz CT molecular complexity index is 1190. The van der Waals surface area contributed by atoms with Crippen LogP contribution in [0.25, 0.3) is 5.57 Å². The fourth-order valence-electron chi connectivity index (χ4n) is 3.49. The molecule has 4 rings (SSSR count). The second-order valence-electron chi connectivity index (χ2n) is 7.34. The normalized spacial score (nSPS) is 13.9. The average molecular weight is 435 g/mol. The number of rotatable bonds is 4. The number of amides is 1. The van der Waals surface area contributed by atoms with Gasteiger partial charge in [0.15, 0.2) is 17.5 Å². The number of nitrogens with zero attached hydrogens (tertiary/aromatic N) is 4. The smallest absolute Gasteiger partial charge is 0.262 e. The van der Waals surface area contributed by atoms with Crippen LogP contribution in [-0.2, 0) is 0 Å². The van der Waals surface area contributed by atoms with Gasteiger partial charge in [-0.2, -0.15) is 0 Å². The molecule has 0 saturated heterocycles. The second kappa shape index (κ2) is 8.82. The van der Waals surface area contributed by atoms with E-state index < -0.39 is 28.9 Å². The molecular formula is C22H17BF3N5O. The molecule has 0 saturated carbocycles. The van der Waals surface area contributed by atoms with Gasteiger partial charge in [0.25, 0.3) is 5.91 Å². The number of carbonyl (C=O) groups is 1. The van der Waals surface area contributed by atoms with Crippen LogP contribution in [0.15, 0.2) is 48.4 Å². The van der Waals surface area contributed by atoms with Gasteiger partial charge in [-0.25, -0.2) is 23.1 Å². The molecule has 32 heavy (non-hydrogen) atoms. The summed E-state index contributed by atoms with van der Waals surface area (Å²) in [5.41, 5.74) is 1.60. The molecule has 160 valence electrons. The molecule has 1 aliphatic heterocycles. The van der Waals surface area contributed by atoms with Crippen molar-refractivity contribution in [2.75, 3.05) is 23.3 Å². The molecule has 6 nitrogen and oxygen atoms in total. The van der Waals surface area contributed by atoms with Crippen molar-refractivity contribution < 1.29 is 18.0 Å². The Hall–Kier alpha value is -3.69. The highest BCUT2D eigenvalue weighted by atomic mass is 19.1. The van der Waals surface area contributed by atoms with Crippen LogP contribution in [0.2, 0.25) is 0 Å². The lowest BCUT2D eigenvalue weighted by Gasteiger charge is -2.30. The van der Waals surface area contributed by atoms with Gasteiger partial charge in [-0.1, -0.05) is 11.0 Å². The van der Waals surface area contributed by atoms with Crippen molar-refractivity contribution in [3.63, 3.8) is 0 Å². The largest absolute Gasteiger partial charge is 0.349 e. The molecule has 1 aromatic carbocycles. The summed E-state index contributed by atoms with van der Waals surface area (Å²) in [5.74, 6) is -3.27. The summed E-state index contributed by atoms with van der Waals surface area (Å²) in [7, 11) is 5.37. The number of pyridine rings is 1. The molecule has 0 unspecified atom stereocenters. The minimum absolute atomic E-state index is 0.0241. The number of nitrogens with one attached hydrogen (secondary N) is 1. The van der Waals surface area contributed by atoms with E-state index >= 15 is 0 Å². The molecule has 1 aliphatic rings. The number of hydrogen-bond acceptors (Lipinski definition) is 5. The summed E-state index contributed by atoms with van der Waals surface area (Å²) < 4.78 is 42.1. The molecule has 0 aliphatic carbocycles. The van der Waals surface area contributed by atoms with Crippen molar-refractivity contribution in [1.29, 1.82) is 0 Å². The molecule has 0 atom stereocenters. The Balaban J connectivity index is 1.52. The number of aromatic nitrogens is 3. The molecule has 0 spiro atoms. The maximum absolute atomic E-state index is 14.1. The molecule has 3 aromatic rings. The first-order valence-corrected chi connectivity index (χ1v) is 9.76. The summed E-state index contributed by atoms with van der Waals surface area (Å²) in [6, 6.07) is 4.62. The number of carbonyl (C=O) groups excluding carboxylic acids is 1. The van der Waals surface area contributed by atoms with E-state index in [1.165, 1.54) is 30.7 Å². The maximum atomic E-state index is 14.1. The monoisotopic (exact) mass is 435 g/mol. The number of hydrogen-bond donors (Lipinski definition) is 1. The van der Waals surface area contributed by atoms with Crippen molar-refractivity contribution in [1.82, 2.24) is 15.0 Å². The molecule has 2 radical (unpaired) electrons. The summed E-state index contributed by atoms with van der Waals surface area (Å²) in [6.07, 6.45) is 4.97. The van der Waals surface area contributed by atoms with Crippen LogP contribution in [-0.4, -0.2) is 41.8 Å². The van der Waals surface area contributed by atoms with E-state index in [2.05, 4.69) is 20.3 Å². The average Bonchev–Trinajstić information content (AvgIpc) is 2.74. The Morgan fingerprint density at radius 2 is 1.84 bits per heavy atom. The van der Waals surface area contributed by atoms with Crippen LogP contribution in [0.4, 0.5) is 24.8 Å². The van der Waals surface area contributed by atoms with Gasteiger partial charge in [0.05, 0.1) is 18.1 Å². The zero-order chi connectivity index (χ0) is 22.8. The van der Waals surface area contributed by atoms with E-state index in [-0.39, 0.29) is 17.1 Å². The van der Waals surface area contributed by atoms with Crippen LogP contribution in [0, 0.1) is 17.5 Å². The molecule has 1 N–H and O–H groups in total. The van der Waals surface area contributed by atoms with Gasteiger partial charge in [0.2, 0.25) is 0 Å². The molecular weight excluding hydrogens is 418 g/mol. The van der Waals surface area contributed by atoms with Gasteiger partial charge in [0, 0.05) is 19.3 Å². The minimum Gasteiger partial charge on any atom is -0.349 e. The van der Waals surface area contributed by atoms with E-state index in [4.69, 9.17) is 7.85 Å². The zero-order valence-electron chi connectivity index (χ0n) is 17.1. The fourth-order valence-corrected chi connectivity index (χ4v) is 3.49. The van der Waals surface area contributed by atoms with Gasteiger partial charge in [-0.15, -0.1) is 0 Å². The Kier molecular flexibility index (Phi) is 5.94. The topological polar surface area (TPSA) is 71.0 Å². The lowest BCUT2D eigenvalue weighted by Crippen LogP contribution is -2.32. The SMILES string of the molecule is [B]c1cc(F)c(C(=O)Nc2cnc(C3=C(C)CCN(c4ncccc4F)C3)cn2)c(F)c1. The van der Waals surface area contributed by atoms with E-state index in [1.807, 2.05) is 11.8 Å². The van der Waals surface area contributed by atoms with Crippen LogP contribution in [0.1, 0.15) is 29.4 Å². The van der Waals surface area contributed by atoms with Crippen LogP contribution < -0.4 is 15.7 Å². The lowest BCUT2D eigenvalue weighted by atomic mass is 9.94. The quantitative estimate of drug-likeness (QED) is 0.639. The zero-order valence-corrected chi connectivity index (χ0v) is 17.1. The van der Waals surface area contributed by atoms with E-state index in [0.717, 1.165) is 23.3 Å².